The van der Waals surface area contributed by atoms with Gasteiger partial charge in [0.2, 0.25) is 6.10 Å². The van der Waals surface area contributed by atoms with Crippen LogP contribution in [0.15, 0.2) is 48.5 Å². The molecule has 1 aliphatic heterocycles. The zero-order valence-electron chi connectivity index (χ0n) is 13.2. The molecule has 2 aromatic carbocycles. The minimum atomic E-state index is -0.625. The van der Waals surface area contributed by atoms with E-state index >= 15 is 0 Å². The number of fused-ring (bicyclic) bond motifs is 1. The molecule has 0 saturated carbocycles. The van der Waals surface area contributed by atoms with Crippen LogP contribution in [0.25, 0.3) is 0 Å². The molecule has 5 heteroatoms. The normalized spacial score (nSPS) is 15.8. The lowest BCUT2D eigenvalue weighted by molar-refractivity contribution is -0.140. The van der Waals surface area contributed by atoms with E-state index in [0.29, 0.717) is 18.0 Å². The van der Waals surface area contributed by atoms with Crippen molar-refractivity contribution < 1.29 is 19.0 Å². The molecule has 120 valence electrons. The summed E-state index contributed by atoms with van der Waals surface area (Å²) in [6, 6.07) is 15.0. The highest BCUT2D eigenvalue weighted by Crippen LogP contribution is 2.31. The molecule has 0 N–H and O–H groups in total. The van der Waals surface area contributed by atoms with E-state index in [9.17, 15) is 4.79 Å². The second-order valence-electron chi connectivity index (χ2n) is 5.41. The zero-order valence-corrected chi connectivity index (χ0v) is 13.2. The van der Waals surface area contributed by atoms with Gasteiger partial charge in [-0.1, -0.05) is 24.3 Å². The molecule has 1 amide bonds. The summed E-state index contributed by atoms with van der Waals surface area (Å²) in [5.74, 6) is 1.94. The molecule has 0 saturated heterocycles. The lowest BCUT2D eigenvalue weighted by Gasteiger charge is -2.28. The number of carbonyl (C=O) groups excluding carboxylic acids is 1. The summed E-state index contributed by atoms with van der Waals surface area (Å²) in [5.41, 5.74) is 0.998. The van der Waals surface area contributed by atoms with Gasteiger partial charge in [0.25, 0.3) is 5.91 Å². The summed E-state index contributed by atoms with van der Waals surface area (Å²) in [6.45, 7) is 0.704. The number of nitrogens with zero attached hydrogens (tertiary/aromatic N) is 1. The number of methoxy groups -OCH3 is 1. The number of hydrogen-bond donors (Lipinski definition) is 0. The van der Waals surface area contributed by atoms with Crippen molar-refractivity contribution >= 4 is 5.91 Å². The fourth-order valence-corrected chi connectivity index (χ4v) is 2.51. The van der Waals surface area contributed by atoms with E-state index < -0.39 is 6.10 Å². The Bertz CT molecular complexity index is 701. The largest absolute Gasteiger partial charge is 0.497 e. The van der Waals surface area contributed by atoms with Gasteiger partial charge < -0.3 is 19.1 Å². The number of rotatable bonds is 4. The molecule has 0 fully saturated rings. The van der Waals surface area contributed by atoms with E-state index in [1.165, 1.54) is 0 Å². The molecule has 3 rings (SSSR count). The average molecular weight is 313 g/mol. The summed E-state index contributed by atoms with van der Waals surface area (Å²) in [7, 11) is 3.38. The fraction of sp³-hybridized carbons (Fsp3) is 0.278. The van der Waals surface area contributed by atoms with Crippen molar-refractivity contribution in [2.24, 2.45) is 0 Å². The van der Waals surface area contributed by atoms with Crippen LogP contribution >= 0.6 is 0 Å². The molecule has 1 heterocycles. The average Bonchev–Trinajstić information content (AvgIpc) is 2.60. The third kappa shape index (κ3) is 3.39. The van der Waals surface area contributed by atoms with Crippen molar-refractivity contribution in [1.29, 1.82) is 0 Å². The molecule has 1 atom stereocenters. The van der Waals surface area contributed by atoms with Crippen LogP contribution in [-0.4, -0.2) is 37.7 Å². The molecule has 0 unspecified atom stereocenters. The lowest BCUT2D eigenvalue weighted by Crippen LogP contribution is -2.44. The maximum absolute atomic E-state index is 12.6. The molecule has 2 aromatic rings. The van der Waals surface area contributed by atoms with Gasteiger partial charge in [-0.05, 0) is 29.8 Å². The van der Waals surface area contributed by atoms with Crippen LogP contribution in [0.1, 0.15) is 5.56 Å². The Morgan fingerprint density at radius 1 is 1.22 bits per heavy atom. The molecule has 0 aliphatic carbocycles. The SMILES string of the molecule is COc1cccc(CN(C)C(=O)[C@H]2COc3ccccc3O2)c1. The number of likely N-dealkylation sites (N-methyl/N-ethyl adjacent to an activating group) is 1. The van der Waals surface area contributed by atoms with E-state index in [4.69, 9.17) is 14.2 Å². The Kier molecular flexibility index (Phi) is 4.37. The van der Waals surface area contributed by atoms with Crippen LogP contribution in [0, 0.1) is 0 Å². The molecular formula is C18H19NO4. The first-order valence-corrected chi connectivity index (χ1v) is 7.44. The van der Waals surface area contributed by atoms with Gasteiger partial charge in [0, 0.05) is 13.6 Å². The van der Waals surface area contributed by atoms with Gasteiger partial charge in [0.1, 0.15) is 12.4 Å². The van der Waals surface area contributed by atoms with Gasteiger partial charge >= 0.3 is 0 Å². The van der Waals surface area contributed by atoms with E-state index in [2.05, 4.69) is 0 Å². The van der Waals surface area contributed by atoms with E-state index in [0.717, 1.165) is 11.3 Å². The summed E-state index contributed by atoms with van der Waals surface area (Å²) >= 11 is 0. The van der Waals surface area contributed by atoms with Gasteiger partial charge in [-0.2, -0.15) is 0 Å². The highest BCUT2D eigenvalue weighted by atomic mass is 16.6. The maximum atomic E-state index is 12.6. The van der Waals surface area contributed by atoms with Crippen LogP contribution in [0.2, 0.25) is 0 Å². The van der Waals surface area contributed by atoms with Crippen molar-refractivity contribution in [3.63, 3.8) is 0 Å². The first-order chi connectivity index (χ1) is 11.2. The Balaban J connectivity index is 1.66. The highest BCUT2D eigenvalue weighted by Gasteiger charge is 2.29. The topological polar surface area (TPSA) is 48.0 Å². The summed E-state index contributed by atoms with van der Waals surface area (Å²) in [4.78, 5) is 14.2. The Hall–Kier alpha value is -2.69. The number of para-hydroxylation sites is 2. The Morgan fingerprint density at radius 3 is 2.78 bits per heavy atom. The van der Waals surface area contributed by atoms with Crippen LogP contribution in [0.5, 0.6) is 17.2 Å². The minimum Gasteiger partial charge on any atom is -0.497 e. The monoisotopic (exact) mass is 313 g/mol. The highest BCUT2D eigenvalue weighted by molar-refractivity contribution is 5.81. The molecule has 5 nitrogen and oxygen atoms in total. The molecule has 0 bridgehead atoms. The fourth-order valence-electron chi connectivity index (χ4n) is 2.51. The molecule has 1 aliphatic rings. The van der Waals surface area contributed by atoms with Crippen molar-refractivity contribution in [1.82, 2.24) is 4.90 Å². The Labute approximate surface area is 135 Å². The van der Waals surface area contributed by atoms with Gasteiger partial charge in [-0.3, -0.25) is 4.79 Å². The van der Waals surface area contributed by atoms with Crippen molar-refractivity contribution in [2.75, 3.05) is 20.8 Å². The predicted molar refractivity (Wildman–Crippen MR) is 85.8 cm³/mol. The molecule has 23 heavy (non-hydrogen) atoms. The number of amides is 1. The molecule has 0 aromatic heterocycles. The van der Waals surface area contributed by atoms with Gasteiger partial charge in [0.05, 0.1) is 7.11 Å². The quantitative estimate of drug-likeness (QED) is 0.870. The number of ether oxygens (including phenoxy) is 3. The smallest absolute Gasteiger partial charge is 0.267 e. The predicted octanol–water partition coefficient (Wildman–Crippen LogP) is 2.49. The first kappa shape index (κ1) is 15.2. The second kappa shape index (κ2) is 6.60. The van der Waals surface area contributed by atoms with Crippen LogP contribution < -0.4 is 14.2 Å². The third-order valence-electron chi connectivity index (χ3n) is 3.71. The minimum absolute atomic E-state index is 0.109. The van der Waals surface area contributed by atoms with Gasteiger partial charge in [-0.25, -0.2) is 0 Å². The van der Waals surface area contributed by atoms with Crippen molar-refractivity contribution in [3.05, 3.63) is 54.1 Å². The van der Waals surface area contributed by atoms with Crippen molar-refractivity contribution in [2.45, 2.75) is 12.6 Å². The molecule has 0 radical (unpaired) electrons. The standard InChI is InChI=1S/C18H19NO4/c1-19(11-13-6-5-7-14(10-13)21-2)18(20)17-12-22-15-8-3-4-9-16(15)23-17/h3-10,17H,11-12H2,1-2H3/t17-/m1/s1. The zero-order chi connectivity index (χ0) is 16.2. The second-order valence-corrected chi connectivity index (χ2v) is 5.41. The van der Waals surface area contributed by atoms with E-state index in [1.807, 2.05) is 42.5 Å². The lowest BCUT2D eigenvalue weighted by atomic mass is 10.2. The van der Waals surface area contributed by atoms with Crippen LogP contribution in [0.4, 0.5) is 0 Å². The molecular weight excluding hydrogens is 294 g/mol. The summed E-state index contributed by atoms with van der Waals surface area (Å²) in [6.07, 6.45) is -0.625. The third-order valence-corrected chi connectivity index (χ3v) is 3.71. The van der Waals surface area contributed by atoms with Crippen molar-refractivity contribution in [3.8, 4) is 17.2 Å². The molecule has 0 spiro atoms. The first-order valence-electron chi connectivity index (χ1n) is 7.44. The Morgan fingerprint density at radius 2 is 2.00 bits per heavy atom. The number of benzene rings is 2. The summed E-state index contributed by atoms with van der Waals surface area (Å²) < 4.78 is 16.6. The summed E-state index contributed by atoms with van der Waals surface area (Å²) in [5, 5.41) is 0. The van der Waals surface area contributed by atoms with E-state index in [-0.39, 0.29) is 12.5 Å². The van der Waals surface area contributed by atoms with Crippen LogP contribution in [-0.2, 0) is 11.3 Å². The van der Waals surface area contributed by atoms with E-state index in [1.54, 1.807) is 25.1 Å². The number of carbonyl (C=O) groups is 1. The van der Waals surface area contributed by atoms with Gasteiger partial charge in [0.15, 0.2) is 11.5 Å². The van der Waals surface area contributed by atoms with Crippen LogP contribution in [0.3, 0.4) is 0 Å². The maximum Gasteiger partial charge on any atom is 0.267 e. The number of hydrogen-bond acceptors (Lipinski definition) is 4. The van der Waals surface area contributed by atoms with Gasteiger partial charge in [-0.15, -0.1) is 0 Å².